The lowest BCUT2D eigenvalue weighted by Crippen LogP contribution is -2.01. The molecule has 0 aliphatic rings. The average Bonchev–Trinajstić information content (AvgIpc) is 2.44. The molecule has 0 unspecified atom stereocenters. The fourth-order valence-electron chi connectivity index (χ4n) is 1.82. The summed E-state index contributed by atoms with van der Waals surface area (Å²) in [5, 5.41) is 9.06. The van der Waals surface area contributed by atoms with Crippen LogP contribution in [-0.4, -0.2) is 5.97 Å². The Morgan fingerprint density at radius 3 is 2.45 bits per heavy atom. The lowest BCUT2D eigenvalue weighted by Gasteiger charge is -2.08. The molecule has 3 heteroatoms. The maximum atomic E-state index is 11.2. The highest BCUT2D eigenvalue weighted by molar-refractivity contribution is 5.84. The first kappa shape index (κ1) is 15.7. The third-order valence-corrected chi connectivity index (χ3v) is 2.84. The first-order valence-corrected chi connectivity index (χ1v) is 6.52. The summed E-state index contributed by atoms with van der Waals surface area (Å²) in [6, 6.07) is 9.84. The number of allylic oxidation sites excluding steroid dienone is 2. The molecule has 104 valence electrons. The third kappa shape index (κ3) is 4.40. The third-order valence-electron chi connectivity index (χ3n) is 2.84. The van der Waals surface area contributed by atoms with Crippen LogP contribution in [0, 0.1) is 17.2 Å². The molecule has 0 atom stereocenters. The average molecular weight is 269 g/mol. The Bertz CT molecular complexity index is 560. The van der Waals surface area contributed by atoms with Gasteiger partial charge in [0.25, 0.3) is 0 Å². The van der Waals surface area contributed by atoms with Gasteiger partial charge in [-0.05, 0) is 30.4 Å². The summed E-state index contributed by atoms with van der Waals surface area (Å²) in [4.78, 5) is 11.2. The first-order valence-electron chi connectivity index (χ1n) is 6.52. The van der Waals surface area contributed by atoms with Crippen molar-refractivity contribution in [1.82, 2.24) is 0 Å². The van der Waals surface area contributed by atoms with Gasteiger partial charge in [-0.3, -0.25) is 0 Å². The Labute approximate surface area is 120 Å². The first-order chi connectivity index (χ1) is 9.47. The van der Waals surface area contributed by atoms with Crippen molar-refractivity contribution in [3.05, 3.63) is 53.8 Å². The van der Waals surface area contributed by atoms with Crippen LogP contribution in [0.15, 0.2) is 42.7 Å². The highest BCUT2D eigenvalue weighted by Gasteiger charge is 2.09. The summed E-state index contributed by atoms with van der Waals surface area (Å²) in [7, 11) is 0. The zero-order valence-corrected chi connectivity index (χ0v) is 12.1. The van der Waals surface area contributed by atoms with Crippen molar-refractivity contribution in [2.24, 2.45) is 5.92 Å². The summed E-state index contributed by atoms with van der Waals surface area (Å²) >= 11 is 0. The van der Waals surface area contributed by atoms with E-state index < -0.39 is 5.97 Å². The molecule has 0 amide bonds. The molecule has 0 bridgehead atoms. The zero-order valence-electron chi connectivity index (χ0n) is 12.1. The van der Waals surface area contributed by atoms with E-state index in [0.29, 0.717) is 11.5 Å². The molecule has 0 saturated carbocycles. The van der Waals surface area contributed by atoms with Crippen LogP contribution in [-0.2, 0) is 16.0 Å². The van der Waals surface area contributed by atoms with E-state index in [4.69, 9.17) is 10.00 Å². The summed E-state index contributed by atoms with van der Waals surface area (Å²) in [6.07, 6.45) is 2.05. The van der Waals surface area contributed by atoms with Crippen LogP contribution in [0.2, 0.25) is 0 Å². The van der Waals surface area contributed by atoms with Gasteiger partial charge in [0, 0.05) is 11.6 Å². The van der Waals surface area contributed by atoms with Gasteiger partial charge in [0.05, 0.1) is 0 Å². The molecule has 0 radical (unpaired) electrons. The van der Waals surface area contributed by atoms with Gasteiger partial charge in [-0.1, -0.05) is 44.7 Å². The number of carbonyl (C=O) groups is 1. The van der Waals surface area contributed by atoms with Crippen molar-refractivity contribution in [1.29, 1.82) is 5.26 Å². The number of hydrogen-bond donors (Lipinski definition) is 0. The Kier molecular flexibility index (Phi) is 5.74. The zero-order chi connectivity index (χ0) is 15.1. The number of nitriles is 1. The maximum absolute atomic E-state index is 11.2. The normalized spacial score (nSPS) is 11.6. The lowest BCUT2D eigenvalue weighted by atomic mass is 9.99. The van der Waals surface area contributed by atoms with Crippen molar-refractivity contribution in [2.45, 2.75) is 27.2 Å². The quantitative estimate of drug-likeness (QED) is 0.353. The van der Waals surface area contributed by atoms with Crippen LogP contribution in [0.1, 0.15) is 31.9 Å². The van der Waals surface area contributed by atoms with Crippen LogP contribution in [0.5, 0.6) is 0 Å². The molecule has 3 nitrogen and oxygen atoms in total. The molecule has 0 fully saturated rings. The van der Waals surface area contributed by atoms with E-state index in [0.717, 1.165) is 18.1 Å². The summed E-state index contributed by atoms with van der Waals surface area (Å²) < 4.78 is 4.92. The monoisotopic (exact) mass is 269 g/mol. The van der Waals surface area contributed by atoms with E-state index in [1.807, 2.05) is 30.3 Å². The topological polar surface area (TPSA) is 50.1 Å². The Balaban J connectivity index is 3.00. The Hall–Kier alpha value is -2.34. The molecule has 0 heterocycles. The second kappa shape index (κ2) is 7.30. The molecule has 1 aromatic rings. The largest absolute Gasteiger partial charge is 0.412 e. The molecule has 20 heavy (non-hydrogen) atoms. The molecule has 0 aliphatic carbocycles. The number of rotatable bonds is 5. The van der Waals surface area contributed by atoms with Crippen LogP contribution in [0.4, 0.5) is 0 Å². The van der Waals surface area contributed by atoms with Gasteiger partial charge in [-0.15, -0.1) is 0 Å². The van der Waals surface area contributed by atoms with E-state index in [2.05, 4.69) is 20.4 Å². The van der Waals surface area contributed by atoms with Gasteiger partial charge in [0.15, 0.2) is 0 Å². The summed E-state index contributed by atoms with van der Waals surface area (Å²) in [6.45, 7) is 9.41. The van der Waals surface area contributed by atoms with Crippen molar-refractivity contribution in [2.75, 3.05) is 0 Å². The molecular formula is C17H19NO2. The smallest absolute Gasteiger partial charge is 0.336 e. The van der Waals surface area contributed by atoms with E-state index in [-0.39, 0.29) is 5.76 Å². The molecule has 0 spiro atoms. The fourth-order valence-corrected chi connectivity index (χ4v) is 1.82. The Morgan fingerprint density at radius 1 is 1.40 bits per heavy atom. The molecule has 0 N–H and O–H groups in total. The number of esters is 1. The molecule has 1 aromatic carbocycles. The number of benzene rings is 1. The summed E-state index contributed by atoms with van der Waals surface area (Å²) in [5.74, 6) is -0.0236. The van der Waals surface area contributed by atoms with Gasteiger partial charge in [0.1, 0.15) is 6.07 Å². The minimum Gasteiger partial charge on any atom is -0.412 e. The minimum atomic E-state index is -0.627. The van der Waals surface area contributed by atoms with Gasteiger partial charge in [-0.25, -0.2) is 4.79 Å². The van der Waals surface area contributed by atoms with Crippen LogP contribution in [0.25, 0.3) is 5.57 Å². The SMILES string of the molecule is C=CC(=O)OC(C#N)=C(C)c1ccc(CC(C)C)cc1. The highest BCUT2D eigenvalue weighted by atomic mass is 16.5. The van der Waals surface area contributed by atoms with E-state index in [1.54, 1.807) is 6.92 Å². The van der Waals surface area contributed by atoms with Gasteiger partial charge in [0.2, 0.25) is 5.76 Å². The van der Waals surface area contributed by atoms with Crippen LogP contribution >= 0.6 is 0 Å². The van der Waals surface area contributed by atoms with Gasteiger partial charge in [-0.2, -0.15) is 5.26 Å². The van der Waals surface area contributed by atoms with Crippen molar-refractivity contribution >= 4 is 11.5 Å². The summed E-state index contributed by atoms with van der Waals surface area (Å²) in [5.41, 5.74) is 2.75. The maximum Gasteiger partial charge on any atom is 0.336 e. The molecule has 0 saturated heterocycles. The molecular weight excluding hydrogens is 250 g/mol. The predicted molar refractivity (Wildman–Crippen MR) is 79.5 cm³/mol. The van der Waals surface area contributed by atoms with Crippen LogP contribution < -0.4 is 0 Å². The van der Waals surface area contributed by atoms with Crippen molar-refractivity contribution in [3.63, 3.8) is 0 Å². The number of carbonyl (C=O) groups excluding carboxylic acids is 1. The second-order valence-electron chi connectivity index (χ2n) is 4.99. The van der Waals surface area contributed by atoms with Crippen molar-refractivity contribution < 1.29 is 9.53 Å². The molecule has 0 aliphatic heterocycles. The number of ether oxygens (including phenoxy) is 1. The Morgan fingerprint density at radius 2 is 2.00 bits per heavy atom. The second-order valence-corrected chi connectivity index (χ2v) is 4.99. The van der Waals surface area contributed by atoms with E-state index in [1.165, 1.54) is 5.56 Å². The molecule has 1 rings (SSSR count). The van der Waals surface area contributed by atoms with E-state index >= 15 is 0 Å². The lowest BCUT2D eigenvalue weighted by molar-refractivity contribution is -0.133. The van der Waals surface area contributed by atoms with E-state index in [9.17, 15) is 4.79 Å². The predicted octanol–water partition coefficient (Wildman–Crippen LogP) is 3.87. The number of hydrogen-bond acceptors (Lipinski definition) is 3. The van der Waals surface area contributed by atoms with Gasteiger partial charge < -0.3 is 4.74 Å². The van der Waals surface area contributed by atoms with Crippen molar-refractivity contribution in [3.8, 4) is 6.07 Å². The molecule has 0 aromatic heterocycles. The van der Waals surface area contributed by atoms with Gasteiger partial charge >= 0.3 is 5.97 Å². The fraction of sp³-hybridized carbons (Fsp3) is 0.294. The number of nitrogens with zero attached hydrogens (tertiary/aromatic N) is 1. The standard InChI is InChI=1S/C17H19NO2/c1-5-17(19)20-16(11-18)13(4)15-8-6-14(7-9-15)10-12(2)3/h5-9,12H,1,10H2,2-4H3. The highest BCUT2D eigenvalue weighted by Crippen LogP contribution is 2.20. The van der Waals surface area contributed by atoms with Crippen LogP contribution in [0.3, 0.4) is 0 Å². The minimum absolute atomic E-state index is 0.00603.